The summed E-state index contributed by atoms with van der Waals surface area (Å²) < 4.78 is 13.1. The van der Waals surface area contributed by atoms with E-state index in [1.54, 1.807) is 0 Å². The zero-order valence-electron chi connectivity index (χ0n) is 9.76. The Morgan fingerprint density at radius 1 is 1.26 bits per heavy atom. The van der Waals surface area contributed by atoms with E-state index in [2.05, 4.69) is 25.3 Å². The van der Waals surface area contributed by atoms with E-state index in [-0.39, 0.29) is 12.3 Å². The minimum atomic E-state index is -0.399. The zero-order chi connectivity index (χ0) is 13.2. The van der Waals surface area contributed by atoms with Gasteiger partial charge < -0.3 is 15.4 Å². The maximum Gasteiger partial charge on any atom is 0.182 e. The Bertz CT molecular complexity index is 727. The molecule has 0 unspecified atom stereocenters. The monoisotopic (exact) mass is 259 g/mol. The van der Waals surface area contributed by atoms with Gasteiger partial charge in [-0.2, -0.15) is 0 Å². The van der Waals surface area contributed by atoms with Crippen LogP contribution in [0.15, 0.2) is 30.9 Å². The molecule has 0 aliphatic carbocycles. The maximum atomic E-state index is 13.1. The summed E-state index contributed by atoms with van der Waals surface area (Å²) in [5.74, 6) is 0.180. The normalized spacial score (nSPS) is 10.8. The van der Waals surface area contributed by atoms with Gasteiger partial charge in [-0.15, -0.1) is 0 Å². The van der Waals surface area contributed by atoms with Crippen molar-refractivity contribution in [2.45, 2.75) is 6.54 Å². The molecule has 3 aromatic rings. The minimum absolute atomic E-state index is 0.0313. The second kappa shape index (κ2) is 4.52. The van der Waals surface area contributed by atoms with Crippen LogP contribution in [0.2, 0.25) is 0 Å². The third-order valence-electron chi connectivity index (χ3n) is 2.71. The fourth-order valence-corrected chi connectivity index (χ4v) is 1.77. The standard InChI is InChI=1S/C12H10FN5O/c13-8-1-2-9(19)7(3-8)4-14-11-10-12(16-5-15-10)18-6-17-11/h1-3,5-6,19H,4H2,(H2,14,15,16,17,18). The molecule has 3 N–H and O–H groups in total. The number of nitrogens with zero attached hydrogens (tertiary/aromatic N) is 3. The summed E-state index contributed by atoms with van der Waals surface area (Å²) in [7, 11) is 0. The lowest BCUT2D eigenvalue weighted by molar-refractivity contribution is 0.466. The summed E-state index contributed by atoms with van der Waals surface area (Å²) >= 11 is 0. The van der Waals surface area contributed by atoms with Crippen molar-refractivity contribution in [1.29, 1.82) is 0 Å². The molecular formula is C12H10FN5O. The second-order valence-electron chi connectivity index (χ2n) is 3.95. The number of imidazole rings is 1. The number of benzene rings is 1. The number of aromatic nitrogens is 4. The number of fused-ring (bicyclic) bond motifs is 1. The molecule has 3 rings (SSSR count). The molecule has 7 heteroatoms. The molecule has 0 spiro atoms. The zero-order valence-corrected chi connectivity index (χ0v) is 9.76. The van der Waals surface area contributed by atoms with Crippen LogP contribution >= 0.6 is 0 Å². The van der Waals surface area contributed by atoms with Gasteiger partial charge in [-0.05, 0) is 18.2 Å². The number of aromatic amines is 1. The molecule has 0 aliphatic heterocycles. The highest BCUT2D eigenvalue weighted by atomic mass is 19.1. The first-order valence-corrected chi connectivity index (χ1v) is 5.59. The van der Waals surface area contributed by atoms with Crippen LogP contribution in [-0.4, -0.2) is 25.0 Å². The smallest absolute Gasteiger partial charge is 0.182 e. The van der Waals surface area contributed by atoms with Crippen molar-refractivity contribution in [2.24, 2.45) is 0 Å². The molecule has 0 amide bonds. The molecule has 0 saturated heterocycles. The Labute approximate surface area is 107 Å². The van der Waals surface area contributed by atoms with E-state index in [1.807, 2.05) is 0 Å². The number of rotatable bonds is 3. The van der Waals surface area contributed by atoms with Gasteiger partial charge >= 0.3 is 0 Å². The fraction of sp³-hybridized carbons (Fsp3) is 0.0833. The largest absolute Gasteiger partial charge is 0.508 e. The number of H-pyrrole nitrogens is 1. The first-order chi connectivity index (χ1) is 9.24. The van der Waals surface area contributed by atoms with Crippen molar-refractivity contribution in [3.05, 3.63) is 42.2 Å². The van der Waals surface area contributed by atoms with Gasteiger partial charge in [-0.3, -0.25) is 0 Å². The SMILES string of the molecule is Oc1ccc(F)cc1CNc1ncnc2nc[nH]c12. The highest BCUT2D eigenvalue weighted by Gasteiger charge is 2.07. The van der Waals surface area contributed by atoms with Crippen molar-refractivity contribution in [1.82, 2.24) is 19.9 Å². The Kier molecular flexibility index (Phi) is 2.71. The van der Waals surface area contributed by atoms with Crippen molar-refractivity contribution in [3.8, 4) is 5.75 Å². The third-order valence-corrected chi connectivity index (χ3v) is 2.71. The fourth-order valence-electron chi connectivity index (χ4n) is 1.77. The van der Waals surface area contributed by atoms with Crippen LogP contribution in [0.5, 0.6) is 5.75 Å². The molecule has 0 saturated carbocycles. The predicted octanol–water partition coefficient (Wildman–Crippen LogP) is 1.81. The minimum Gasteiger partial charge on any atom is -0.508 e. The lowest BCUT2D eigenvalue weighted by Crippen LogP contribution is -2.03. The van der Waals surface area contributed by atoms with Gasteiger partial charge in [0, 0.05) is 12.1 Å². The lowest BCUT2D eigenvalue weighted by atomic mass is 10.2. The summed E-state index contributed by atoms with van der Waals surface area (Å²) in [4.78, 5) is 15.0. The van der Waals surface area contributed by atoms with Crippen LogP contribution in [0.1, 0.15) is 5.56 Å². The number of hydrogen-bond donors (Lipinski definition) is 3. The van der Waals surface area contributed by atoms with Crippen LogP contribution in [0.3, 0.4) is 0 Å². The van der Waals surface area contributed by atoms with Crippen molar-refractivity contribution >= 4 is 17.0 Å². The molecular weight excluding hydrogens is 249 g/mol. The molecule has 6 nitrogen and oxygen atoms in total. The number of phenolic OH excluding ortho intramolecular Hbond substituents is 1. The number of halogens is 1. The highest BCUT2D eigenvalue weighted by Crippen LogP contribution is 2.20. The molecule has 2 aromatic heterocycles. The summed E-state index contributed by atoms with van der Waals surface area (Å²) in [5.41, 5.74) is 1.66. The van der Waals surface area contributed by atoms with E-state index < -0.39 is 5.82 Å². The molecule has 96 valence electrons. The maximum absolute atomic E-state index is 13.1. The Morgan fingerprint density at radius 3 is 3.05 bits per heavy atom. The highest BCUT2D eigenvalue weighted by molar-refractivity contribution is 5.81. The molecule has 0 atom stereocenters. The second-order valence-corrected chi connectivity index (χ2v) is 3.95. The van der Waals surface area contributed by atoms with Gasteiger partial charge in [0.05, 0.1) is 6.33 Å². The van der Waals surface area contributed by atoms with Crippen LogP contribution < -0.4 is 5.32 Å². The number of anilines is 1. The van der Waals surface area contributed by atoms with Gasteiger partial charge in [0.15, 0.2) is 11.5 Å². The molecule has 0 aliphatic rings. The molecule has 0 fully saturated rings. The summed E-state index contributed by atoms with van der Waals surface area (Å²) in [6.07, 6.45) is 2.90. The van der Waals surface area contributed by atoms with E-state index in [9.17, 15) is 9.50 Å². The Morgan fingerprint density at radius 2 is 2.16 bits per heavy atom. The lowest BCUT2D eigenvalue weighted by Gasteiger charge is -2.07. The van der Waals surface area contributed by atoms with E-state index >= 15 is 0 Å². The molecule has 19 heavy (non-hydrogen) atoms. The van der Waals surface area contributed by atoms with Gasteiger partial charge in [0.2, 0.25) is 0 Å². The molecule has 0 bridgehead atoms. The van der Waals surface area contributed by atoms with E-state index in [1.165, 1.54) is 30.9 Å². The van der Waals surface area contributed by atoms with E-state index in [0.717, 1.165) is 0 Å². The predicted molar refractivity (Wildman–Crippen MR) is 67.1 cm³/mol. The van der Waals surface area contributed by atoms with Crippen molar-refractivity contribution in [2.75, 3.05) is 5.32 Å². The van der Waals surface area contributed by atoms with Gasteiger partial charge in [-0.25, -0.2) is 19.3 Å². The summed E-state index contributed by atoms with van der Waals surface area (Å²) in [5, 5.41) is 12.6. The summed E-state index contributed by atoms with van der Waals surface area (Å²) in [6.45, 7) is 0.245. The number of phenols is 1. The van der Waals surface area contributed by atoms with E-state index in [4.69, 9.17) is 0 Å². The summed E-state index contributed by atoms with van der Waals surface area (Å²) in [6, 6.07) is 3.79. The number of nitrogens with one attached hydrogen (secondary N) is 2. The van der Waals surface area contributed by atoms with Crippen molar-refractivity contribution < 1.29 is 9.50 Å². The Balaban J connectivity index is 1.86. The molecule has 1 aromatic carbocycles. The van der Waals surface area contributed by atoms with Crippen LogP contribution in [0, 0.1) is 5.82 Å². The number of aromatic hydroxyl groups is 1. The molecule has 0 radical (unpaired) electrons. The third kappa shape index (κ3) is 2.17. The topological polar surface area (TPSA) is 86.7 Å². The van der Waals surface area contributed by atoms with Crippen LogP contribution in [-0.2, 0) is 6.54 Å². The van der Waals surface area contributed by atoms with Crippen LogP contribution in [0.25, 0.3) is 11.2 Å². The van der Waals surface area contributed by atoms with Crippen LogP contribution in [0.4, 0.5) is 10.2 Å². The quantitative estimate of drug-likeness (QED) is 0.667. The average molecular weight is 259 g/mol. The van der Waals surface area contributed by atoms with E-state index in [0.29, 0.717) is 22.5 Å². The Hall–Kier alpha value is -2.70. The van der Waals surface area contributed by atoms with Gasteiger partial charge in [-0.1, -0.05) is 0 Å². The number of hydrogen-bond acceptors (Lipinski definition) is 5. The van der Waals surface area contributed by atoms with Gasteiger partial charge in [0.1, 0.15) is 23.4 Å². The average Bonchev–Trinajstić information content (AvgIpc) is 2.88. The first kappa shape index (κ1) is 11.4. The van der Waals surface area contributed by atoms with Crippen molar-refractivity contribution in [3.63, 3.8) is 0 Å². The first-order valence-electron chi connectivity index (χ1n) is 5.59. The molecule has 2 heterocycles. The van der Waals surface area contributed by atoms with Gasteiger partial charge in [0.25, 0.3) is 0 Å².